The Bertz CT molecular complexity index is 678. The SMILES string of the molecule is CCC(C)(CC(C)(C)C(=O)OC1CCCC(=O)C1)C(OC)OC12CC3CC(CC(C3)C1)C2. The fourth-order valence-electron chi connectivity index (χ4n) is 7.73. The van der Waals surface area contributed by atoms with Gasteiger partial charge in [-0.15, -0.1) is 0 Å². The van der Waals surface area contributed by atoms with E-state index in [2.05, 4.69) is 13.8 Å². The summed E-state index contributed by atoms with van der Waals surface area (Å²) in [5.74, 6) is 2.44. The number of methoxy groups -OCH3 is 1. The lowest BCUT2D eigenvalue weighted by molar-refractivity contribution is -0.287. The molecule has 5 nitrogen and oxygen atoms in total. The molecular formula is C27H44O5. The van der Waals surface area contributed by atoms with Gasteiger partial charge in [0.1, 0.15) is 11.9 Å². The van der Waals surface area contributed by atoms with Crippen LogP contribution in [0, 0.1) is 28.6 Å². The van der Waals surface area contributed by atoms with Crippen molar-refractivity contribution in [3.63, 3.8) is 0 Å². The summed E-state index contributed by atoms with van der Waals surface area (Å²) >= 11 is 0. The van der Waals surface area contributed by atoms with Crippen molar-refractivity contribution in [3.8, 4) is 0 Å². The van der Waals surface area contributed by atoms with Gasteiger partial charge in [0.2, 0.25) is 0 Å². The van der Waals surface area contributed by atoms with E-state index in [9.17, 15) is 9.59 Å². The molecule has 0 aromatic heterocycles. The third-order valence-electron chi connectivity index (χ3n) is 9.04. The fourth-order valence-corrected chi connectivity index (χ4v) is 7.73. The molecule has 5 saturated carbocycles. The Hall–Kier alpha value is -0.940. The zero-order valence-corrected chi connectivity index (χ0v) is 20.9. The van der Waals surface area contributed by atoms with Crippen LogP contribution in [0.5, 0.6) is 0 Å². The minimum atomic E-state index is -0.674. The summed E-state index contributed by atoms with van der Waals surface area (Å²) in [4.78, 5) is 24.9. The summed E-state index contributed by atoms with van der Waals surface area (Å²) < 4.78 is 18.8. The average molecular weight is 449 g/mol. The van der Waals surface area contributed by atoms with E-state index in [-0.39, 0.29) is 35.2 Å². The number of Topliss-reactive ketones (excluding diaryl/α,β-unsaturated/α-hetero) is 1. The number of hydrogen-bond acceptors (Lipinski definition) is 5. The predicted molar refractivity (Wildman–Crippen MR) is 123 cm³/mol. The van der Waals surface area contributed by atoms with Crippen LogP contribution in [0.25, 0.3) is 0 Å². The van der Waals surface area contributed by atoms with E-state index in [0.717, 1.165) is 37.0 Å². The molecule has 0 aromatic carbocycles. The average Bonchev–Trinajstić information content (AvgIpc) is 2.70. The number of carbonyl (C=O) groups is 2. The van der Waals surface area contributed by atoms with Crippen molar-refractivity contribution in [2.45, 2.75) is 123 Å². The Balaban J connectivity index is 1.43. The molecule has 0 saturated heterocycles. The second-order valence-corrected chi connectivity index (χ2v) is 12.5. The molecule has 32 heavy (non-hydrogen) atoms. The topological polar surface area (TPSA) is 61.8 Å². The summed E-state index contributed by atoms with van der Waals surface area (Å²) in [7, 11) is 1.75. The Labute approximate surface area is 194 Å². The summed E-state index contributed by atoms with van der Waals surface area (Å²) in [6.45, 7) is 8.29. The highest BCUT2D eigenvalue weighted by Gasteiger charge is 2.54. The van der Waals surface area contributed by atoms with E-state index < -0.39 is 5.41 Å². The van der Waals surface area contributed by atoms with Gasteiger partial charge < -0.3 is 14.2 Å². The van der Waals surface area contributed by atoms with Crippen LogP contribution in [0.15, 0.2) is 0 Å². The first-order chi connectivity index (χ1) is 15.1. The second-order valence-electron chi connectivity index (χ2n) is 12.5. The van der Waals surface area contributed by atoms with Crippen LogP contribution in [0.3, 0.4) is 0 Å². The molecule has 5 aliphatic rings. The van der Waals surface area contributed by atoms with Crippen molar-refractivity contribution in [1.29, 1.82) is 0 Å². The van der Waals surface area contributed by atoms with Crippen molar-refractivity contribution in [3.05, 3.63) is 0 Å². The molecule has 0 N–H and O–H groups in total. The molecule has 3 unspecified atom stereocenters. The molecule has 4 bridgehead atoms. The molecule has 0 amide bonds. The number of carbonyl (C=O) groups excluding carboxylic acids is 2. The van der Waals surface area contributed by atoms with Crippen LogP contribution in [0.1, 0.15) is 105 Å². The highest BCUT2D eigenvalue weighted by atomic mass is 16.7. The van der Waals surface area contributed by atoms with Crippen molar-refractivity contribution in [2.75, 3.05) is 7.11 Å². The van der Waals surface area contributed by atoms with Gasteiger partial charge in [0.05, 0.1) is 11.0 Å². The molecular weight excluding hydrogens is 404 g/mol. The van der Waals surface area contributed by atoms with E-state index in [1.807, 2.05) is 13.8 Å². The molecule has 0 spiro atoms. The molecule has 5 heteroatoms. The van der Waals surface area contributed by atoms with Crippen LogP contribution in [-0.4, -0.2) is 36.9 Å². The lowest BCUT2D eigenvalue weighted by Gasteiger charge is -2.58. The van der Waals surface area contributed by atoms with Gasteiger partial charge in [-0.05, 0) is 95.8 Å². The van der Waals surface area contributed by atoms with Crippen LogP contribution in [0.2, 0.25) is 0 Å². The summed E-state index contributed by atoms with van der Waals surface area (Å²) in [5, 5.41) is 0. The van der Waals surface area contributed by atoms with Crippen molar-refractivity contribution in [1.82, 2.24) is 0 Å². The molecule has 0 aliphatic heterocycles. The largest absolute Gasteiger partial charge is 0.461 e. The molecule has 0 radical (unpaired) electrons. The van der Waals surface area contributed by atoms with Crippen molar-refractivity contribution in [2.24, 2.45) is 28.6 Å². The standard InChI is InChI=1S/C27H44O5/c1-6-26(4,17-25(2,3)23(29)31-22-9-7-8-21(28)13-22)24(30-5)32-27-14-18-10-19(15-27)12-20(11-18)16-27/h18-20,22,24H,6-17H2,1-5H3. The lowest BCUT2D eigenvalue weighted by atomic mass is 9.54. The van der Waals surface area contributed by atoms with Gasteiger partial charge in [-0.2, -0.15) is 0 Å². The molecule has 0 heterocycles. The van der Waals surface area contributed by atoms with Crippen LogP contribution in [-0.2, 0) is 23.8 Å². The normalized spacial score (nSPS) is 37.2. The highest BCUT2D eigenvalue weighted by Crippen LogP contribution is 2.58. The monoisotopic (exact) mass is 448 g/mol. The first kappa shape index (κ1) is 24.2. The van der Waals surface area contributed by atoms with Gasteiger partial charge >= 0.3 is 5.97 Å². The van der Waals surface area contributed by atoms with E-state index in [4.69, 9.17) is 14.2 Å². The third-order valence-corrected chi connectivity index (χ3v) is 9.04. The Kier molecular flexibility index (Phi) is 6.82. The zero-order valence-electron chi connectivity index (χ0n) is 20.9. The second kappa shape index (κ2) is 9.02. The fraction of sp³-hybridized carbons (Fsp3) is 0.926. The number of hydrogen-bond donors (Lipinski definition) is 0. The van der Waals surface area contributed by atoms with Crippen LogP contribution in [0.4, 0.5) is 0 Å². The maximum Gasteiger partial charge on any atom is 0.311 e. The Morgan fingerprint density at radius 2 is 1.69 bits per heavy atom. The van der Waals surface area contributed by atoms with Gasteiger partial charge in [0, 0.05) is 25.4 Å². The summed E-state index contributed by atoms with van der Waals surface area (Å²) in [6, 6.07) is 0. The van der Waals surface area contributed by atoms with Gasteiger partial charge in [0.25, 0.3) is 0 Å². The van der Waals surface area contributed by atoms with E-state index in [1.54, 1.807) is 7.11 Å². The Morgan fingerprint density at radius 3 is 2.19 bits per heavy atom. The van der Waals surface area contributed by atoms with E-state index in [0.29, 0.717) is 19.3 Å². The summed E-state index contributed by atoms with van der Waals surface area (Å²) in [6.07, 6.45) is 11.1. The third kappa shape index (κ3) is 4.94. The lowest BCUT2D eigenvalue weighted by Crippen LogP contribution is -2.55. The molecule has 0 aromatic rings. The predicted octanol–water partition coefficient (Wildman–Crippen LogP) is 5.83. The highest BCUT2D eigenvalue weighted by molar-refractivity contribution is 5.81. The minimum Gasteiger partial charge on any atom is -0.461 e. The molecule has 5 fully saturated rings. The zero-order chi connectivity index (χ0) is 23.1. The number of ketones is 1. The molecule has 182 valence electrons. The molecule has 3 atom stereocenters. The van der Waals surface area contributed by atoms with E-state index in [1.165, 1.54) is 38.5 Å². The van der Waals surface area contributed by atoms with Gasteiger partial charge in [-0.25, -0.2) is 0 Å². The van der Waals surface area contributed by atoms with E-state index >= 15 is 0 Å². The van der Waals surface area contributed by atoms with Gasteiger partial charge in [-0.1, -0.05) is 13.8 Å². The van der Waals surface area contributed by atoms with Crippen LogP contribution >= 0.6 is 0 Å². The minimum absolute atomic E-state index is 0.0427. The van der Waals surface area contributed by atoms with Crippen molar-refractivity contribution >= 4 is 11.8 Å². The first-order valence-electron chi connectivity index (χ1n) is 13.0. The number of esters is 1. The number of rotatable bonds is 9. The van der Waals surface area contributed by atoms with Gasteiger partial charge in [0.15, 0.2) is 6.29 Å². The Morgan fingerprint density at radius 1 is 1.09 bits per heavy atom. The first-order valence-corrected chi connectivity index (χ1v) is 13.0. The number of ether oxygens (including phenoxy) is 3. The van der Waals surface area contributed by atoms with Crippen molar-refractivity contribution < 1.29 is 23.8 Å². The maximum absolute atomic E-state index is 13.1. The van der Waals surface area contributed by atoms with Gasteiger partial charge in [-0.3, -0.25) is 9.59 Å². The maximum atomic E-state index is 13.1. The molecule has 5 aliphatic carbocycles. The van der Waals surface area contributed by atoms with Crippen LogP contribution < -0.4 is 0 Å². The quantitative estimate of drug-likeness (QED) is 0.328. The smallest absolute Gasteiger partial charge is 0.311 e. The molecule has 5 rings (SSSR count). The summed E-state index contributed by atoms with van der Waals surface area (Å²) in [5.41, 5.74) is -1.02.